The van der Waals surface area contributed by atoms with Gasteiger partial charge >= 0.3 is 70.3 Å². The molecule has 21 heteroatoms. The third-order valence-corrected chi connectivity index (χ3v) is 15.6. The Morgan fingerprint density at radius 2 is 0.675 bits per heavy atom. The number of aryl methyl sites for hydroxylation is 3. The van der Waals surface area contributed by atoms with Crippen molar-refractivity contribution in [3.63, 3.8) is 0 Å². The highest BCUT2D eigenvalue weighted by Gasteiger charge is 2.39. The Morgan fingerprint density at radius 3 is 1.17 bits per heavy atom. The molecule has 0 saturated carbocycles. The maximum atomic E-state index is 12.6. The topological polar surface area (TPSA) is 281 Å². The van der Waals surface area contributed by atoms with Crippen LogP contribution in [0.5, 0.6) is 0 Å². The van der Waals surface area contributed by atoms with E-state index in [4.69, 9.17) is 29.2 Å². The highest BCUT2D eigenvalue weighted by atomic mass is 16.6. The zero-order valence-electron chi connectivity index (χ0n) is 42.1. The Morgan fingerprint density at radius 1 is 0.301 bits per heavy atom. The highest BCUT2D eigenvalue weighted by Crippen LogP contribution is 2.50. The zero-order valence-corrected chi connectivity index (χ0v) is 42.1. The van der Waals surface area contributed by atoms with Crippen molar-refractivity contribution in [1.82, 2.24) is 0 Å². The van der Waals surface area contributed by atoms with Crippen molar-refractivity contribution < 1.29 is 66.1 Å². The normalized spacial score (nSPS) is 14.0. The Bertz CT molecular complexity index is 5670. The van der Waals surface area contributed by atoms with E-state index in [0.717, 1.165) is 16.3 Å². The molecule has 0 aliphatic carbocycles. The molecule has 4 aliphatic rings. The molecule has 0 unspecified atom stereocenters. The van der Waals surface area contributed by atoms with Gasteiger partial charge in [-0.2, -0.15) is 0 Å². The number of cyclic esters (lactones) is 8. The van der Waals surface area contributed by atoms with Crippen LogP contribution >= 0.6 is 0 Å². The fraction of sp³-hybridized carbons (Fsp3) is 0.0484. The lowest BCUT2D eigenvalue weighted by atomic mass is 9.81. The number of fused-ring (bicyclic) bond motifs is 6. The van der Waals surface area contributed by atoms with Crippen molar-refractivity contribution in [1.29, 1.82) is 0 Å². The molecular weight excluding hydrogens is 1070 g/mol. The maximum absolute atomic E-state index is 12.6. The van der Waals surface area contributed by atoms with Crippen LogP contribution < -0.4 is 22.5 Å². The molecule has 21 nitrogen and oxygen atoms in total. The fourth-order valence-corrected chi connectivity index (χ4v) is 12.1. The summed E-state index contributed by atoms with van der Waals surface area (Å²) in [5.41, 5.74) is 0.237. The van der Waals surface area contributed by atoms with Crippen molar-refractivity contribution in [3.05, 3.63) is 210 Å². The molecule has 0 saturated heterocycles. The van der Waals surface area contributed by atoms with Crippen LogP contribution in [-0.2, 0) is 18.9 Å². The minimum atomic E-state index is -0.971. The predicted octanol–water partition coefficient (Wildman–Crippen LogP) is 10.2. The summed E-state index contributed by atoms with van der Waals surface area (Å²) in [5, 5.41) is 7.83. The number of benzene rings is 10. The smallest absolute Gasteiger partial charge is 0.346 e. The molecule has 0 atom stereocenters. The summed E-state index contributed by atoms with van der Waals surface area (Å²) in [6, 6.07) is 18.4. The van der Waals surface area contributed by atoms with Gasteiger partial charge in [-0.25, -0.2) is 72.1 Å². The highest BCUT2D eigenvalue weighted by molar-refractivity contribution is 6.42. The number of rotatable bonds is 0. The van der Waals surface area contributed by atoms with Gasteiger partial charge in [0.15, 0.2) is 5.69 Å². The first kappa shape index (κ1) is 48.9. The minimum absolute atomic E-state index is 0.0169. The molecular formula is C62H21N3O18. The lowest BCUT2D eigenvalue weighted by Gasteiger charge is -2.24. The van der Waals surface area contributed by atoms with E-state index in [2.05, 4.69) is 32.8 Å². The van der Waals surface area contributed by atoms with E-state index in [9.17, 15) is 57.5 Å². The average molecular weight is 1100 g/mol. The second kappa shape index (κ2) is 16.6. The monoisotopic (exact) mass is 1100 g/mol. The first-order chi connectivity index (χ1) is 39.7. The molecule has 16 rings (SSSR count). The maximum Gasteiger partial charge on any atom is 0.346 e. The van der Waals surface area contributed by atoms with Crippen molar-refractivity contribution in [2.45, 2.75) is 20.8 Å². The van der Waals surface area contributed by atoms with Crippen LogP contribution in [0.25, 0.3) is 111 Å². The SMILES string of the molecule is [C-]#[N+]c1c2cc3c(=O)oc(=O)c3cc2c(C)c2cc3c(=O)oc(=O)c3cc12.[C-]#[N+]c1cc2c3c(c(C)cc4c3c1C(=O)OC4=O)C(=O)OC2=O.[C-]#[N+]c1cc2c3c(ccc4c5c(C)cc6c7c(ccc(c1c34)c75)C(=O)OC6=O)C(=O)OC2=O. The van der Waals surface area contributed by atoms with E-state index in [0.29, 0.717) is 70.6 Å². The van der Waals surface area contributed by atoms with Crippen molar-refractivity contribution >= 4 is 162 Å². The molecule has 0 bridgehead atoms. The largest absolute Gasteiger partial charge is 0.387 e. The summed E-state index contributed by atoms with van der Waals surface area (Å²) in [5.74, 6) is -6.57. The third-order valence-electron chi connectivity index (χ3n) is 15.6. The van der Waals surface area contributed by atoms with Crippen molar-refractivity contribution in [2.24, 2.45) is 0 Å². The summed E-state index contributed by atoms with van der Waals surface area (Å²) >= 11 is 0. The van der Waals surface area contributed by atoms with Crippen molar-refractivity contribution in [2.75, 3.05) is 0 Å². The van der Waals surface area contributed by atoms with Crippen LogP contribution in [0.1, 0.15) is 99.6 Å². The molecule has 2 aromatic heterocycles. The predicted molar refractivity (Wildman–Crippen MR) is 292 cm³/mol. The van der Waals surface area contributed by atoms with E-state index in [1.54, 1.807) is 44.2 Å². The van der Waals surface area contributed by atoms with Gasteiger partial charge in [0.1, 0.15) is 0 Å². The van der Waals surface area contributed by atoms with E-state index in [-0.39, 0.29) is 88.3 Å². The number of furan rings is 2. The molecule has 83 heavy (non-hydrogen) atoms. The van der Waals surface area contributed by atoms with Crippen molar-refractivity contribution in [3.8, 4) is 0 Å². The van der Waals surface area contributed by atoms with Crippen LogP contribution in [-0.4, -0.2) is 47.8 Å². The molecule has 0 fully saturated rings. The quantitative estimate of drug-likeness (QED) is 0.0341. The van der Waals surface area contributed by atoms with Gasteiger partial charge in [-0.05, 0) is 152 Å². The molecule has 6 heterocycles. The van der Waals surface area contributed by atoms with Gasteiger partial charge in [0.05, 0.1) is 85.8 Å². The van der Waals surface area contributed by atoms with Crippen LogP contribution in [0.2, 0.25) is 0 Å². The molecule has 0 radical (unpaired) electrons. The zero-order chi connectivity index (χ0) is 58.3. The number of esters is 8. The number of nitrogens with zero attached hydrogens (tertiary/aromatic N) is 3. The number of carbonyl (C=O) groups excluding carboxylic acids is 8. The van der Waals surface area contributed by atoms with Gasteiger partial charge < -0.3 is 27.8 Å². The molecule has 10 aromatic carbocycles. The van der Waals surface area contributed by atoms with Gasteiger partial charge in [0.25, 0.3) is 0 Å². The summed E-state index contributed by atoms with van der Waals surface area (Å²) in [4.78, 5) is 156. The van der Waals surface area contributed by atoms with E-state index < -0.39 is 70.3 Å². The number of ether oxygens (including phenoxy) is 4. The molecule has 4 aliphatic heterocycles. The first-order valence-corrected chi connectivity index (χ1v) is 24.4. The molecule has 12 aromatic rings. The number of hydrogen-bond acceptors (Lipinski definition) is 18. The lowest BCUT2D eigenvalue weighted by molar-refractivity contribution is 0.0366. The Balaban J connectivity index is 0.000000113. The molecule has 0 spiro atoms. The number of carbonyl (C=O) groups is 8. The van der Waals surface area contributed by atoms with Gasteiger partial charge in [-0.1, -0.05) is 12.1 Å². The van der Waals surface area contributed by atoms with E-state index in [1.165, 1.54) is 42.5 Å². The van der Waals surface area contributed by atoms with Crippen LogP contribution in [0.3, 0.4) is 0 Å². The summed E-state index contributed by atoms with van der Waals surface area (Å²) in [7, 11) is 0. The fourth-order valence-electron chi connectivity index (χ4n) is 12.1. The third kappa shape index (κ3) is 6.36. The lowest BCUT2D eigenvalue weighted by Crippen LogP contribution is -2.26. The summed E-state index contributed by atoms with van der Waals surface area (Å²) < 4.78 is 28.5. The molecule has 392 valence electrons. The van der Waals surface area contributed by atoms with Crippen LogP contribution in [0.4, 0.5) is 17.1 Å². The van der Waals surface area contributed by atoms with Crippen LogP contribution in [0, 0.1) is 40.5 Å². The standard InChI is InChI=1S/C26H9NO6.C20H7NO6.C16H5NO6/c1-9-7-14-18-12(23(28)32-25(14)30)6-4-11-20-16(27-2)8-15-19-13(24(29)33-26(15)31)5-3-10(22(19)20)17(9)21(11)18;1-7-8-3-12-14(19(24)26-17(12)22)5-10(8)16(21-2)11-6-15-13(4-9(7)11)18(23)27-20(15)25;1-5-3-6-11-10-7(14(19)22-15(20)9(5)10)4-8(17-2)12(11)16(21)23-13(6)18/h3-8H,1H3;3-6H,1H3;3-4H,1H3. The first-order valence-electron chi connectivity index (χ1n) is 24.4. The average Bonchev–Trinajstić information content (AvgIpc) is 1.53. The Hall–Kier alpha value is -12.4. The Labute approximate surface area is 457 Å². The molecule has 0 amide bonds. The second-order valence-electron chi connectivity index (χ2n) is 19.7. The van der Waals surface area contributed by atoms with Crippen LogP contribution in [0.15, 0.2) is 101 Å². The minimum Gasteiger partial charge on any atom is -0.387 e. The van der Waals surface area contributed by atoms with E-state index in [1.807, 2.05) is 6.92 Å². The summed E-state index contributed by atoms with van der Waals surface area (Å²) in [6.45, 7) is 27.8. The van der Waals surface area contributed by atoms with Gasteiger partial charge in [-0.3, -0.25) is 0 Å². The van der Waals surface area contributed by atoms with Gasteiger partial charge in [-0.15, -0.1) is 0 Å². The van der Waals surface area contributed by atoms with Gasteiger partial charge in [0.2, 0.25) is 11.4 Å². The second-order valence-corrected chi connectivity index (χ2v) is 19.7. The van der Waals surface area contributed by atoms with E-state index >= 15 is 0 Å². The van der Waals surface area contributed by atoms with Gasteiger partial charge in [0, 0.05) is 21.5 Å². The molecule has 0 N–H and O–H groups in total. The summed E-state index contributed by atoms with van der Waals surface area (Å²) in [6.07, 6.45) is 0. The number of hydrogen-bond donors (Lipinski definition) is 0. The Kier molecular flexibility index (Phi) is 9.76.